The first-order chi connectivity index (χ1) is 20.6. The lowest BCUT2D eigenvalue weighted by atomic mass is 9.93. The third kappa shape index (κ3) is 5.43. The zero-order valence-electron chi connectivity index (χ0n) is 25.4. The standard InChI is InChI=1S/C33H35ClN4O4S/c1-8-36(9-2)32(40)29-20(4)35-33-38(30(29)26-18-25(41-6)14-15-27(26)42-7)31(39)28(43-33)17-22-16-19(3)37(21(22)5)24-12-10-23(34)11-13-24/h10-18,30H,8-9H2,1-7H3/b28-17+/t30-/m1/s1. The number of amides is 1. The summed E-state index contributed by atoms with van der Waals surface area (Å²) in [7, 11) is 3.16. The van der Waals surface area contributed by atoms with Crippen LogP contribution in [0.3, 0.4) is 0 Å². The smallest absolute Gasteiger partial charge is 0.271 e. The Balaban J connectivity index is 1.74. The summed E-state index contributed by atoms with van der Waals surface area (Å²) in [4.78, 5) is 35.3. The molecule has 2 aromatic carbocycles. The van der Waals surface area contributed by atoms with E-state index in [-0.39, 0.29) is 11.5 Å². The molecule has 0 saturated heterocycles. The Morgan fingerprint density at radius 3 is 2.37 bits per heavy atom. The van der Waals surface area contributed by atoms with Gasteiger partial charge >= 0.3 is 0 Å². The van der Waals surface area contributed by atoms with Gasteiger partial charge in [0, 0.05) is 40.8 Å². The molecule has 224 valence electrons. The van der Waals surface area contributed by atoms with Gasteiger partial charge in [0.05, 0.1) is 30.0 Å². The van der Waals surface area contributed by atoms with Gasteiger partial charge in [0.25, 0.3) is 11.5 Å². The molecular formula is C33H35ClN4O4S. The van der Waals surface area contributed by atoms with Gasteiger partial charge in [-0.15, -0.1) is 0 Å². The predicted molar refractivity (Wildman–Crippen MR) is 171 cm³/mol. The number of hydrogen-bond donors (Lipinski definition) is 0. The Morgan fingerprint density at radius 1 is 1.05 bits per heavy atom. The quantitative estimate of drug-likeness (QED) is 0.273. The summed E-state index contributed by atoms with van der Waals surface area (Å²) in [5.41, 5.74) is 5.36. The number of carbonyl (C=O) groups excluding carboxylic acids is 1. The van der Waals surface area contributed by atoms with Crippen LogP contribution in [0.2, 0.25) is 5.02 Å². The van der Waals surface area contributed by atoms with Crippen molar-refractivity contribution in [1.29, 1.82) is 0 Å². The van der Waals surface area contributed by atoms with E-state index in [1.165, 1.54) is 11.3 Å². The fourth-order valence-corrected chi connectivity index (χ4v) is 6.85. The summed E-state index contributed by atoms with van der Waals surface area (Å²) in [5, 5.41) is 0.670. The average Bonchev–Trinajstić information content (AvgIpc) is 3.46. The van der Waals surface area contributed by atoms with E-state index in [0.29, 0.717) is 55.8 Å². The highest BCUT2D eigenvalue weighted by atomic mass is 35.5. The fraction of sp³-hybridized carbons (Fsp3) is 0.303. The van der Waals surface area contributed by atoms with Crippen LogP contribution in [0.1, 0.15) is 49.3 Å². The van der Waals surface area contributed by atoms with Gasteiger partial charge in [-0.05, 0) is 94.8 Å². The normalized spacial score (nSPS) is 14.9. The maximum atomic E-state index is 14.3. The van der Waals surface area contributed by atoms with E-state index in [1.54, 1.807) is 35.8 Å². The van der Waals surface area contributed by atoms with Crippen LogP contribution in [-0.2, 0) is 4.79 Å². The van der Waals surface area contributed by atoms with Crippen LogP contribution in [0.5, 0.6) is 11.5 Å². The zero-order valence-corrected chi connectivity index (χ0v) is 27.0. The molecule has 1 atom stereocenters. The van der Waals surface area contributed by atoms with Crippen molar-refractivity contribution in [2.75, 3.05) is 27.3 Å². The third-order valence-corrected chi connectivity index (χ3v) is 9.11. The van der Waals surface area contributed by atoms with E-state index in [1.807, 2.05) is 71.0 Å². The molecule has 2 aromatic heterocycles. The molecule has 10 heteroatoms. The van der Waals surface area contributed by atoms with Crippen LogP contribution in [-0.4, -0.2) is 47.3 Å². The van der Waals surface area contributed by atoms with Crippen molar-refractivity contribution in [3.8, 4) is 17.2 Å². The Hall–Kier alpha value is -4.08. The highest BCUT2D eigenvalue weighted by molar-refractivity contribution is 7.07. The van der Waals surface area contributed by atoms with Crippen molar-refractivity contribution in [3.05, 3.63) is 107 Å². The van der Waals surface area contributed by atoms with Crippen LogP contribution in [0, 0.1) is 13.8 Å². The molecule has 1 amide bonds. The number of carbonyl (C=O) groups is 1. The molecule has 0 fully saturated rings. The second-order valence-electron chi connectivity index (χ2n) is 10.3. The van der Waals surface area contributed by atoms with E-state index in [9.17, 15) is 9.59 Å². The van der Waals surface area contributed by atoms with Gasteiger partial charge in [-0.1, -0.05) is 22.9 Å². The van der Waals surface area contributed by atoms with Crippen molar-refractivity contribution >= 4 is 34.9 Å². The second-order valence-corrected chi connectivity index (χ2v) is 11.8. The minimum Gasteiger partial charge on any atom is -0.497 e. The number of benzene rings is 2. The maximum absolute atomic E-state index is 14.3. The van der Waals surface area contributed by atoms with Crippen LogP contribution in [0.15, 0.2) is 69.6 Å². The van der Waals surface area contributed by atoms with Crippen LogP contribution in [0.25, 0.3) is 11.8 Å². The van der Waals surface area contributed by atoms with E-state index < -0.39 is 6.04 Å². The van der Waals surface area contributed by atoms with Crippen molar-refractivity contribution in [2.45, 2.75) is 40.7 Å². The molecular weight excluding hydrogens is 584 g/mol. The first kappa shape index (κ1) is 30.4. The molecule has 0 N–H and O–H groups in total. The van der Waals surface area contributed by atoms with E-state index in [4.69, 9.17) is 26.1 Å². The van der Waals surface area contributed by atoms with Crippen LogP contribution in [0.4, 0.5) is 0 Å². The second kappa shape index (κ2) is 12.3. The number of likely N-dealkylation sites (N-methyl/N-ethyl adjacent to an activating group) is 1. The molecule has 4 aromatic rings. The highest BCUT2D eigenvalue weighted by Gasteiger charge is 2.36. The summed E-state index contributed by atoms with van der Waals surface area (Å²) in [6.07, 6.45) is 1.91. The summed E-state index contributed by atoms with van der Waals surface area (Å²) in [5.74, 6) is 0.977. The number of methoxy groups -OCH3 is 2. The van der Waals surface area contributed by atoms with Gasteiger partial charge in [0.2, 0.25) is 0 Å². The number of fused-ring (bicyclic) bond motifs is 1. The molecule has 1 aliphatic heterocycles. The number of hydrogen-bond acceptors (Lipinski definition) is 6. The highest BCUT2D eigenvalue weighted by Crippen LogP contribution is 2.38. The van der Waals surface area contributed by atoms with Crippen molar-refractivity contribution in [1.82, 2.24) is 14.0 Å². The topological polar surface area (TPSA) is 78.1 Å². The number of allylic oxidation sites excluding steroid dienone is 1. The van der Waals surface area contributed by atoms with Crippen molar-refractivity contribution < 1.29 is 14.3 Å². The summed E-state index contributed by atoms with van der Waals surface area (Å²) in [6, 6.07) is 14.4. The molecule has 0 spiro atoms. The minimum atomic E-state index is -0.752. The zero-order chi connectivity index (χ0) is 31.0. The number of halogens is 1. The number of rotatable bonds is 8. The molecule has 43 heavy (non-hydrogen) atoms. The molecule has 0 unspecified atom stereocenters. The number of aryl methyl sites for hydroxylation is 1. The number of nitrogens with zero attached hydrogens (tertiary/aromatic N) is 4. The Bertz CT molecular complexity index is 1910. The molecule has 1 aliphatic rings. The van der Waals surface area contributed by atoms with Crippen LogP contribution >= 0.6 is 22.9 Å². The Labute approximate surface area is 259 Å². The van der Waals surface area contributed by atoms with Gasteiger partial charge in [0.15, 0.2) is 4.80 Å². The number of ether oxygens (including phenoxy) is 2. The lowest BCUT2D eigenvalue weighted by Crippen LogP contribution is -2.43. The predicted octanol–water partition coefficient (Wildman–Crippen LogP) is 5.18. The summed E-state index contributed by atoms with van der Waals surface area (Å²) < 4.78 is 15.6. The maximum Gasteiger partial charge on any atom is 0.271 e. The average molecular weight is 619 g/mol. The van der Waals surface area contributed by atoms with Gasteiger partial charge in [-0.2, -0.15) is 0 Å². The van der Waals surface area contributed by atoms with Gasteiger partial charge < -0.3 is 18.9 Å². The lowest BCUT2D eigenvalue weighted by molar-refractivity contribution is -0.127. The van der Waals surface area contributed by atoms with Crippen LogP contribution < -0.4 is 24.4 Å². The molecule has 0 bridgehead atoms. The van der Waals surface area contributed by atoms with Gasteiger partial charge in [-0.3, -0.25) is 14.2 Å². The number of aromatic nitrogens is 2. The number of thiazole rings is 1. The monoisotopic (exact) mass is 618 g/mol. The van der Waals surface area contributed by atoms with Crippen molar-refractivity contribution in [3.63, 3.8) is 0 Å². The minimum absolute atomic E-state index is 0.165. The Kier molecular flexibility index (Phi) is 8.66. The van der Waals surface area contributed by atoms with Gasteiger partial charge in [-0.25, -0.2) is 4.99 Å². The largest absolute Gasteiger partial charge is 0.497 e. The first-order valence-electron chi connectivity index (χ1n) is 14.1. The summed E-state index contributed by atoms with van der Waals surface area (Å²) >= 11 is 7.43. The Morgan fingerprint density at radius 2 is 1.74 bits per heavy atom. The summed E-state index contributed by atoms with van der Waals surface area (Å²) in [6.45, 7) is 10.8. The van der Waals surface area contributed by atoms with E-state index >= 15 is 0 Å². The molecule has 0 radical (unpaired) electrons. The van der Waals surface area contributed by atoms with Gasteiger partial charge in [0.1, 0.15) is 17.5 Å². The SMILES string of the molecule is CCN(CC)C(=O)C1=C(C)N=c2s/c(=C/c3cc(C)n(-c4ccc(Cl)cc4)c3C)c(=O)n2[C@@H]1c1cc(OC)ccc1OC. The van der Waals surface area contributed by atoms with E-state index in [2.05, 4.69) is 10.6 Å². The van der Waals surface area contributed by atoms with Crippen molar-refractivity contribution in [2.24, 2.45) is 4.99 Å². The first-order valence-corrected chi connectivity index (χ1v) is 15.3. The third-order valence-electron chi connectivity index (χ3n) is 7.88. The lowest BCUT2D eigenvalue weighted by Gasteiger charge is -2.30. The molecule has 3 heterocycles. The molecule has 5 rings (SSSR count). The molecule has 0 saturated carbocycles. The fourth-order valence-electron chi connectivity index (χ4n) is 5.69. The van der Waals surface area contributed by atoms with E-state index in [0.717, 1.165) is 22.6 Å². The molecule has 0 aliphatic carbocycles. The molecule has 8 nitrogen and oxygen atoms in total.